The first-order valence-corrected chi connectivity index (χ1v) is 7.79. The summed E-state index contributed by atoms with van der Waals surface area (Å²) >= 11 is 0. The molecule has 2 fully saturated rings. The number of pyridine rings is 1. The van der Waals surface area contributed by atoms with Crippen molar-refractivity contribution in [3.05, 3.63) is 23.5 Å². The van der Waals surface area contributed by atoms with Gasteiger partial charge >= 0.3 is 0 Å². The molecule has 0 saturated carbocycles. The first kappa shape index (κ1) is 15.3. The highest BCUT2D eigenvalue weighted by molar-refractivity contribution is 5.53. The molecule has 3 heterocycles. The van der Waals surface area contributed by atoms with Crippen LogP contribution in [-0.4, -0.2) is 62.4 Å². The average molecular weight is 301 g/mol. The van der Waals surface area contributed by atoms with E-state index in [1.165, 1.54) is 0 Å². The maximum absolute atomic E-state index is 5.66. The Morgan fingerprint density at radius 2 is 2.32 bits per heavy atom. The van der Waals surface area contributed by atoms with E-state index in [1.807, 2.05) is 13.1 Å². The minimum atomic E-state index is -0.0938. The van der Waals surface area contributed by atoms with Gasteiger partial charge in [0, 0.05) is 33.3 Å². The summed E-state index contributed by atoms with van der Waals surface area (Å²) in [4.78, 5) is 9.41. The van der Waals surface area contributed by atoms with Gasteiger partial charge in [0.05, 0.1) is 48.5 Å². The molecule has 0 aromatic carbocycles. The normalized spacial score (nSPS) is 23.7. The number of nitrogens with zero attached hydrogens (tertiary/aromatic N) is 3. The Bertz CT molecular complexity index is 570. The number of terminal acetylenes is 1. The monoisotopic (exact) mass is 301 g/mol. The highest BCUT2D eigenvalue weighted by Crippen LogP contribution is 2.25. The molecule has 2 saturated heterocycles. The lowest BCUT2D eigenvalue weighted by Crippen LogP contribution is -2.58. The number of methoxy groups -OCH3 is 1. The molecule has 0 bridgehead atoms. The Labute approximate surface area is 132 Å². The van der Waals surface area contributed by atoms with Crippen LogP contribution in [0.1, 0.15) is 24.3 Å². The van der Waals surface area contributed by atoms with Crippen LogP contribution in [0.4, 0.5) is 5.69 Å². The van der Waals surface area contributed by atoms with Gasteiger partial charge in [-0.1, -0.05) is 5.92 Å². The van der Waals surface area contributed by atoms with E-state index < -0.39 is 0 Å². The lowest BCUT2D eigenvalue weighted by molar-refractivity contribution is -0.0117. The molecule has 0 amide bonds. The third kappa shape index (κ3) is 2.95. The Morgan fingerprint density at radius 3 is 3.09 bits per heavy atom. The van der Waals surface area contributed by atoms with Crippen LogP contribution in [0.3, 0.4) is 0 Å². The number of morpholine rings is 1. The predicted molar refractivity (Wildman–Crippen MR) is 86.0 cm³/mol. The maximum Gasteiger partial charge on any atom is 0.0975 e. The number of hydrogen-bond donors (Lipinski definition) is 0. The Morgan fingerprint density at radius 1 is 1.45 bits per heavy atom. The molecule has 3 rings (SSSR count). The van der Waals surface area contributed by atoms with Gasteiger partial charge in [0.25, 0.3) is 0 Å². The van der Waals surface area contributed by atoms with Gasteiger partial charge in [0.2, 0.25) is 0 Å². The van der Waals surface area contributed by atoms with E-state index in [1.54, 1.807) is 7.11 Å². The van der Waals surface area contributed by atoms with Crippen molar-refractivity contribution in [1.82, 2.24) is 9.88 Å². The van der Waals surface area contributed by atoms with Crippen LogP contribution in [0.2, 0.25) is 0 Å². The summed E-state index contributed by atoms with van der Waals surface area (Å²) in [6, 6.07) is 2.52. The zero-order chi connectivity index (χ0) is 15.5. The van der Waals surface area contributed by atoms with Crippen LogP contribution in [0.25, 0.3) is 0 Å². The highest BCUT2D eigenvalue weighted by Gasteiger charge is 2.30. The van der Waals surface area contributed by atoms with Crippen LogP contribution in [-0.2, 0) is 9.47 Å². The van der Waals surface area contributed by atoms with E-state index in [2.05, 4.69) is 26.8 Å². The smallest absolute Gasteiger partial charge is 0.0975 e. The number of piperazine rings is 1. The van der Waals surface area contributed by atoms with E-state index in [4.69, 9.17) is 15.9 Å². The third-order valence-corrected chi connectivity index (χ3v) is 4.60. The van der Waals surface area contributed by atoms with E-state index >= 15 is 0 Å². The summed E-state index contributed by atoms with van der Waals surface area (Å²) in [6.07, 6.45) is 7.47. The number of aromatic nitrogens is 1. The molecule has 2 atom stereocenters. The van der Waals surface area contributed by atoms with Crippen molar-refractivity contribution in [3.8, 4) is 12.3 Å². The van der Waals surface area contributed by atoms with Crippen LogP contribution in [0.15, 0.2) is 12.3 Å². The van der Waals surface area contributed by atoms with Crippen molar-refractivity contribution in [2.45, 2.75) is 19.1 Å². The number of ether oxygens (including phenoxy) is 2. The number of rotatable bonds is 3. The average Bonchev–Trinajstić information content (AvgIpc) is 2.60. The lowest BCUT2D eigenvalue weighted by Gasteiger charge is -2.44. The molecule has 0 radical (unpaired) electrons. The molecule has 0 spiro atoms. The van der Waals surface area contributed by atoms with Crippen LogP contribution in [0.5, 0.6) is 0 Å². The van der Waals surface area contributed by atoms with Gasteiger partial charge in [-0.05, 0) is 13.0 Å². The molecular weight excluding hydrogens is 278 g/mol. The molecule has 5 heteroatoms. The minimum absolute atomic E-state index is 0.0938. The van der Waals surface area contributed by atoms with E-state index in [0.717, 1.165) is 56.3 Å². The predicted octanol–water partition coefficient (Wildman–Crippen LogP) is 1.29. The second-order valence-electron chi connectivity index (χ2n) is 5.86. The van der Waals surface area contributed by atoms with Gasteiger partial charge in [-0.15, -0.1) is 6.42 Å². The fraction of sp³-hybridized carbons (Fsp3) is 0.588. The number of fused-ring (bicyclic) bond motifs is 1. The fourth-order valence-electron chi connectivity index (χ4n) is 3.17. The van der Waals surface area contributed by atoms with Crippen LogP contribution >= 0.6 is 0 Å². The van der Waals surface area contributed by atoms with Crippen molar-refractivity contribution in [2.24, 2.45) is 0 Å². The summed E-state index contributed by atoms with van der Waals surface area (Å²) in [7, 11) is 1.67. The molecule has 22 heavy (non-hydrogen) atoms. The molecule has 5 nitrogen and oxygen atoms in total. The zero-order valence-corrected chi connectivity index (χ0v) is 13.3. The summed E-state index contributed by atoms with van der Waals surface area (Å²) in [5, 5.41) is 0. The Balaban J connectivity index is 1.79. The van der Waals surface area contributed by atoms with E-state index in [0.29, 0.717) is 6.04 Å². The lowest BCUT2D eigenvalue weighted by atomic mass is 10.1. The number of anilines is 1. The van der Waals surface area contributed by atoms with Crippen molar-refractivity contribution in [2.75, 3.05) is 51.4 Å². The molecule has 2 aliphatic heterocycles. The summed E-state index contributed by atoms with van der Waals surface area (Å²) in [5.74, 6) is 2.74. The van der Waals surface area contributed by atoms with Gasteiger partial charge in [0.1, 0.15) is 0 Å². The second kappa shape index (κ2) is 6.66. The molecule has 0 N–H and O–H groups in total. The third-order valence-electron chi connectivity index (χ3n) is 4.60. The van der Waals surface area contributed by atoms with E-state index in [-0.39, 0.29) is 6.10 Å². The molecule has 1 aromatic heterocycles. The van der Waals surface area contributed by atoms with Crippen LogP contribution < -0.4 is 4.90 Å². The fourth-order valence-corrected chi connectivity index (χ4v) is 3.17. The van der Waals surface area contributed by atoms with E-state index in [9.17, 15) is 0 Å². The number of hydrogen-bond acceptors (Lipinski definition) is 5. The first-order valence-electron chi connectivity index (χ1n) is 7.79. The SMILES string of the molecule is C#Cc1cc(N2CCN3CCOC[C@@H]3C2)cnc1[C@H](C)OC. The van der Waals surface area contributed by atoms with Gasteiger partial charge < -0.3 is 14.4 Å². The summed E-state index contributed by atoms with van der Waals surface area (Å²) < 4.78 is 10.9. The maximum atomic E-state index is 5.66. The molecule has 118 valence electrons. The quantitative estimate of drug-likeness (QED) is 0.787. The van der Waals surface area contributed by atoms with Gasteiger partial charge in [-0.2, -0.15) is 0 Å². The molecule has 2 aliphatic rings. The molecule has 1 aromatic rings. The van der Waals surface area contributed by atoms with Crippen molar-refractivity contribution < 1.29 is 9.47 Å². The van der Waals surface area contributed by atoms with Gasteiger partial charge in [-0.25, -0.2) is 0 Å². The molecule has 0 aliphatic carbocycles. The Hall–Kier alpha value is -1.61. The van der Waals surface area contributed by atoms with Gasteiger partial charge in [-0.3, -0.25) is 9.88 Å². The van der Waals surface area contributed by atoms with Crippen molar-refractivity contribution >= 4 is 5.69 Å². The van der Waals surface area contributed by atoms with Gasteiger partial charge in [0.15, 0.2) is 0 Å². The topological polar surface area (TPSA) is 37.8 Å². The zero-order valence-electron chi connectivity index (χ0n) is 13.3. The minimum Gasteiger partial charge on any atom is -0.378 e. The molecular formula is C17H23N3O2. The van der Waals surface area contributed by atoms with Crippen molar-refractivity contribution in [3.63, 3.8) is 0 Å². The highest BCUT2D eigenvalue weighted by atomic mass is 16.5. The second-order valence-corrected chi connectivity index (χ2v) is 5.86. The van der Waals surface area contributed by atoms with Crippen LogP contribution in [0, 0.1) is 12.3 Å². The van der Waals surface area contributed by atoms with Crippen molar-refractivity contribution in [1.29, 1.82) is 0 Å². The Kier molecular flexibility index (Phi) is 4.63. The summed E-state index contributed by atoms with van der Waals surface area (Å²) in [5.41, 5.74) is 2.73. The molecule has 0 unspecified atom stereocenters. The first-order chi connectivity index (χ1) is 10.7. The standard InChI is InChI=1S/C17H23N3O2/c1-4-14-9-15(10-18-17(14)13(2)21-3)20-6-5-19-7-8-22-12-16(19)11-20/h1,9-10,13,16H,5-8,11-12H2,2-3H3/t13-,16-/m0/s1. The largest absolute Gasteiger partial charge is 0.378 e. The summed E-state index contributed by atoms with van der Waals surface area (Å²) in [6.45, 7) is 7.69.